The number of fused-ring (bicyclic) bond motifs is 1. The van der Waals surface area contributed by atoms with Crippen molar-refractivity contribution in [1.29, 1.82) is 0 Å². The standard InChI is InChI=1S/C26H32ClN3O5S/c1-5-6-13-28-23(31)18-9-12-22-21(14-18)30(15-17-7-10-19(27)11-8-17)24(32)20(16-36(22)34)29-25(33)35-26(2,3)4/h7-12,14,20H,5-6,13,15-16H2,1-4H3,(H,28,31)(H,29,33)/t20-,36?/m0/s1. The summed E-state index contributed by atoms with van der Waals surface area (Å²) in [5.41, 5.74) is 0.739. The lowest BCUT2D eigenvalue weighted by Crippen LogP contribution is -2.51. The van der Waals surface area contributed by atoms with E-state index in [9.17, 15) is 18.6 Å². The number of hydrogen-bond acceptors (Lipinski definition) is 5. The minimum Gasteiger partial charge on any atom is -0.444 e. The van der Waals surface area contributed by atoms with Crippen LogP contribution in [0.3, 0.4) is 0 Å². The molecule has 1 heterocycles. The molecule has 0 aromatic heterocycles. The summed E-state index contributed by atoms with van der Waals surface area (Å²) in [4.78, 5) is 40.8. The summed E-state index contributed by atoms with van der Waals surface area (Å²) in [6.45, 7) is 7.85. The number of hydrogen-bond donors (Lipinski definition) is 2. The number of alkyl carbamates (subject to hydrolysis) is 1. The fourth-order valence-corrected chi connectivity index (χ4v) is 5.11. The van der Waals surface area contributed by atoms with Crippen molar-refractivity contribution in [1.82, 2.24) is 10.6 Å². The molecular formula is C26H32ClN3O5S. The van der Waals surface area contributed by atoms with Gasteiger partial charge in [-0.1, -0.05) is 37.1 Å². The number of unbranched alkanes of at least 4 members (excludes halogenated alkanes) is 1. The lowest BCUT2D eigenvalue weighted by molar-refractivity contribution is -0.120. The Morgan fingerprint density at radius 2 is 1.86 bits per heavy atom. The molecule has 1 unspecified atom stereocenters. The second kappa shape index (κ2) is 11.9. The molecule has 2 atom stereocenters. The van der Waals surface area contributed by atoms with Crippen molar-refractivity contribution in [3.8, 4) is 0 Å². The van der Waals surface area contributed by atoms with Gasteiger partial charge in [0.05, 0.1) is 33.7 Å². The predicted molar refractivity (Wildman–Crippen MR) is 141 cm³/mol. The van der Waals surface area contributed by atoms with Crippen LogP contribution in [0.15, 0.2) is 47.4 Å². The molecule has 0 spiro atoms. The Hall–Kier alpha value is -2.91. The number of carbonyl (C=O) groups is 3. The summed E-state index contributed by atoms with van der Waals surface area (Å²) in [7, 11) is -1.62. The summed E-state index contributed by atoms with van der Waals surface area (Å²) in [5, 5.41) is 6.00. The van der Waals surface area contributed by atoms with Crippen molar-refractivity contribution in [2.24, 2.45) is 0 Å². The zero-order valence-electron chi connectivity index (χ0n) is 20.9. The van der Waals surface area contributed by atoms with Crippen LogP contribution < -0.4 is 15.5 Å². The number of nitrogens with one attached hydrogen (secondary N) is 2. The highest BCUT2D eigenvalue weighted by Crippen LogP contribution is 2.31. The highest BCUT2D eigenvalue weighted by molar-refractivity contribution is 7.85. The van der Waals surface area contributed by atoms with Gasteiger partial charge in [0.15, 0.2) is 0 Å². The Bertz CT molecular complexity index is 1150. The van der Waals surface area contributed by atoms with E-state index in [0.29, 0.717) is 27.7 Å². The Labute approximate surface area is 219 Å². The smallest absolute Gasteiger partial charge is 0.408 e. The van der Waals surface area contributed by atoms with Gasteiger partial charge >= 0.3 is 6.09 Å². The third-order valence-electron chi connectivity index (χ3n) is 5.40. The number of benzene rings is 2. The first kappa shape index (κ1) is 27.7. The van der Waals surface area contributed by atoms with Gasteiger partial charge in [-0.25, -0.2) is 4.79 Å². The zero-order valence-corrected chi connectivity index (χ0v) is 22.5. The molecule has 0 saturated heterocycles. The molecule has 36 heavy (non-hydrogen) atoms. The molecule has 0 bridgehead atoms. The molecule has 1 aliphatic rings. The first-order chi connectivity index (χ1) is 17.0. The van der Waals surface area contributed by atoms with E-state index < -0.39 is 34.4 Å². The van der Waals surface area contributed by atoms with Gasteiger partial charge < -0.3 is 20.3 Å². The van der Waals surface area contributed by atoms with Crippen LogP contribution in [0.25, 0.3) is 0 Å². The molecule has 3 rings (SSSR count). The zero-order chi connectivity index (χ0) is 26.5. The molecule has 8 nitrogen and oxygen atoms in total. The monoisotopic (exact) mass is 533 g/mol. The number of anilines is 1. The quantitative estimate of drug-likeness (QED) is 0.513. The van der Waals surface area contributed by atoms with E-state index in [4.69, 9.17) is 16.3 Å². The maximum Gasteiger partial charge on any atom is 0.408 e. The molecule has 10 heteroatoms. The number of carbonyl (C=O) groups excluding carboxylic acids is 3. The Morgan fingerprint density at radius 3 is 2.50 bits per heavy atom. The topological polar surface area (TPSA) is 105 Å². The molecular weight excluding hydrogens is 502 g/mol. The largest absolute Gasteiger partial charge is 0.444 e. The van der Waals surface area contributed by atoms with Crippen molar-refractivity contribution >= 4 is 46.0 Å². The van der Waals surface area contributed by atoms with Crippen LogP contribution in [-0.4, -0.2) is 46.1 Å². The van der Waals surface area contributed by atoms with Gasteiger partial charge in [0.2, 0.25) is 0 Å². The summed E-state index contributed by atoms with van der Waals surface area (Å²) < 4.78 is 18.6. The first-order valence-electron chi connectivity index (χ1n) is 11.8. The molecule has 2 aromatic carbocycles. The summed E-state index contributed by atoms with van der Waals surface area (Å²) >= 11 is 6.02. The summed E-state index contributed by atoms with van der Waals surface area (Å²) in [5.74, 6) is -0.848. The second-order valence-electron chi connectivity index (χ2n) is 9.55. The van der Waals surface area contributed by atoms with Gasteiger partial charge in [0.25, 0.3) is 11.8 Å². The predicted octanol–water partition coefficient (Wildman–Crippen LogP) is 4.42. The first-order valence-corrected chi connectivity index (χ1v) is 13.5. The van der Waals surface area contributed by atoms with Crippen LogP contribution in [0.4, 0.5) is 10.5 Å². The van der Waals surface area contributed by atoms with Crippen molar-refractivity contribution in [3.63, 3.8) is 0 Å². The lowest BCUT2D eigenvalue weighted by Gasteiger charge is -2.27. The Morgan fingerprint density at radius 1 is 1.17 bits per heavy atom. The molecule has 194 valence electrons. The molecule has 3 amide bonds. The SMILES string of the molecule is CCCCNC(=O)c1ccc2c(c1)N(Cc1ccc(Cl)cc1)C(=O)[C@@H](NC(=O)OC(C)(C)C)CS2=O. The average Bonchev–Trinajstić information content (AvgIpc) is 2.89. The number of amides is 3. The summed E-state index contributed by atoms with van der Waals surface area (Å²) in [6, 6.07) is 10.7. The van der Waals surface area contributed by atoms with E-state index in [1.807, 2.05) is 6.92 Å². The van der Waals surface area contributed by atoms with Crippen molar-refractivity contribution < 1.29 is 23.3 Å². The van der Waals surface area contributed by atoms with E-state index in [1.165, 1.54) is 4.90 Å². The van der Waals surface area contributed by atoms with Gasteiger partial charge in [-0.2, -0.15) is 0 Å². The second-order valence-corrected chi connectivity index (χ2v) is 11.5. The van der Waals surface area contributed by atoms with Crippen LogP contribution in [0.5, 0.6) is 0 Å². The highest BCUT2D eigenvalue weighted by atomic mass is 35.5. The molecule has 2 N–H and O–H groups in total. The van der Waals surface area contributed by atoms with E-state index in [0.717, 1.165) is 18.4 Å². The summed E-state index contributed by atoms with van der Waals surface area (Å²) in [6.07, 6.45) is 1.02. The third kappa shape index (κ3) is 7.30. The van der Waals surface area contributed by atoms with Gasteiger partial charge in [-0.15, -0.1) is 0 Å². The molecule has 0 fully saturated rings. The molecule has 0 radical (unpaired) electrons. The normalized spacial score (nSPS) is 17.7. The third-order valence-corrected chi connectivity index (χ3v) is 7.12. The minimum absolute atomic E-state index is 0.121. The van der Waals surface area contributed by atoms with Crippen LogP contribution >= 0.6 is 11.6 Å². The van der Waals surface area contributed by atoms with E-state index in [2.05, 4.69) is 10.6 Å². The molecule has 2 aromatic rings. The van der Waals surface area contributed by atoms with Gasteiger partial charge in [-0.05, 0) is 63.1 Å². The van der Waals surface area contributed by atoms with Crippen LogP contribution in [-0.2, 0) is 26.9 Å². The van der Waals surface area contributed by atoms with E-state index >= 15 is 0 Å². The lowest BCUT2D eigenvalue weighted by atomic mass is 10.1. The van der Waals surface area contributed by atoms with Crippen LogP contribution in [0, 0.1) is 0 Å². The van der Waals surface area contributed by atoms with Gasteiger partial charge in [-0.3, -0.25) is 13.8 Å². The maximum absolute atomic E-state index is 13.7. The molecule has 0 aliphatic carbocycles. The van der Waals surface area contributed by atoms with Crippen molar-refractivity contribution in [2.75, 3.05) is 17.2 Å². The van der Waals surface area contributed by atoms with Crippen molar-refractivity contribution in [2.45, 2.75) is 63.6 Å². The number of rotatable bonds is 7. The molecule has 0 saturated carbocycles. The number of ether oxygens (including phenoxy) is 1. The highest BCUT2D eigenvalue weighted by Gasteiger charge is 2.36. The maximum atomic E-state index is 13.7. The van der Waals surface area contributed by atoms with E-state index in [-0.39, 0.29) is 18.2 Å². The average molecular weight is 534 g/mol. The van der Waals surface area contributed by atoms with Gasteiger partial charge in [0.1, 0.15) is 11.6 Å². The number of halogens is 1. The fraction of sp³-hybridized carbons (Fsp3) is 0.423. The van der Waals surface area contributed by atoms with E-state index in [1.54, 1.807) is 63.2 Å². The fourth-order valence-electron chi connectivity index (χ4n) is 3.65. The van der Waals surface area contributed by atoms with Crippen LogP contribution in [0.1, 0.15) is 56.5 Å². The molecule has 1 aliphatic heterocycles. The Balaban J connectivity index is 1.99. The van der Waals surface area contributed by atoms with Crippen LogP contribution in [0.2, 0.25) is 5.02 Å². The van der Waals surface area contributed by atoms with Gasteiger partial charge in [0, 0.05) is 17.1 Å². The van der Waals surface area contributed by atoms with Crippen molar-refractivity contribution in [3.05, 3.63) is 58.6 Å². The Kier molecular flexibility index (Phi) is 9.13. The minimum atomic E-state index is -1.62. The number of nitrogens with zero attached hydrogens (tertiary/aromatic N) is 1.